The fourth-order valence-electron chi connectivity index (χ4n) is 17.2. The topological polar surface area (TPSA) is 374 Å². The van der Waals surface area contributed by atoms with E-state index in [2.05, 4.69) is 14.7 Å². The van der Waals surface area contributed by atoms with E-state index in [0.29, 0.717) is 96.8 Å². The van der Waals surface area contributed by atoms with Crippen molar-refractivity contribution in [3.05, 3.63) is 268 Å². The van der Waals surface area contributed by atoms with Crippen LogP contribution in [0.5, 0.6) is 57.5 Å². The maximum Gasteiger partial charge on any atom is 0.246 e. The van der Waals surface area contributed by atoms with Crippen molar-refractivity contribution < 1.29 is 114 Å². The molecule has 0 unspecified atom stereocenters. The molecule has 10 aromatic carbocycles. The maximum absolute atomic E-state index is 14.1. The quantitative estimate of drug-likeness (QED) is 0.0537. The Morgan fingerprint density at radius 2 is 0.531 bits per heavy atom. The molecule has 1 saturated carbocycles. The highest BCUT2D eigenvalue weighted by Crippen LogP contribution is 2.42. The van der Waals surface area contributed by atoms with Crippen LogP contribution in [0.2, 0.25) is 0 Å². The van der Waals surface area contributed by atoms with Gasteiger partial charge >= 0.3 is 0 Å². The third-order valence-electron chi connectivity index (χ3n) is 25.0. The van der Waals surface area contributed by atoms with Crippen LogP contribution in [0.25, 0.3) is 0 Å². The van der Waals surface area contributed by atoms with E-state index in [-0.39, 0.29) is 120 Å². The minimum Gasteiger partial charge on any atom is -0.453 e. The van der Waals surface area contributed by atoms with Crippen LogP contribution in [0.3, 0.4) is 0 Å². The molecule has 0 spiro atoms. The number of piperidine rings is 2. The molecule has 766 valence electrons. The molecule has 1 aliphatic carbocycles. The van der Waals surface area contributed by atoms with Gasteiger partial charge in [0, 0.05) is 134 Å². The van der Waals surface area contributed by atoms with Gasteiger partial charge in [0.25, 0.3) is 0 Å². The fourth-order valence-corrected chi connectivity index (χ4v) is 25.1. The molecule has 0 amide bonds. The Hall–Kier alpha value is -12.7. The number of piperazine rings is 1. The number of nitriles is 5. The van der Waals surface area contributed by atoms with Crippen LogP contribution in [0.1, 0.15) is 98.4 Å². The van der Waals surface area contributed by atoms with Crippen LogP contribution in [0.4, 0.5) is 43.9 Å². The van der Waals surface area contributed by atoms with Gasteiger partial charge in [0.2, 0.25) is 50.1 Å². The SMILES string of the molecule is CN(C)C1CCN(S(=O)(=O)c2cc(C#N)ccc2Oc2cc(F)ccc2F)CC1.CN1CCCN(S(=O)(=O)c2cc(C#N)ccc2Oc2cc(F)ccc2F)CC1.N#Cc1ccc(Oc2cc(F)ccc2F)c(S(=O)(=O)N2CCC(N3CCCC3)CC2)c1.N#Cc1ccc(Oc2cc(F)ccc2F)c(S(=O)(=O)N2CCN(C3CCCC3)CC2)c1.N#Cc1ccc(Oc2cc(F)ccc2F)c(S(=O)(=O)N2CCOCC2)c1. The molecule has 7 aliphatic rings. The first-order valence-corrected chi connectivity index (χ1v) is 53.2. The van der Waals surface area contributed by atoms with Crippen molar-refractivity contribution in [1.82, 2.24) is 41.1 Å². The molecule has 30 nitrogen and oxygen atoms in total. The summed E-state index contributed by atoms with van der Waals surface area (Å²) in [5.41, 5.74) is 0.619. The number of likely N-dealkylation sites (N-methyl/N-ethyl adjacent to an activating group) is 1. The third-order valence-corrected chi connectivity index (χ3v) is 34.6. The van der Waals surface area contributed by atoms with Crippen molar-refractivity contribution in [2.24, 2.45) is 0 Å². The van der Waals surface area contributed by atoms with Gasteiger partial charge in [-0.05, 0) is 250 Å². The fraction of sp³-hybridized carbons (Fsp3) is 0.350. The Balaban J connectivity index is 0.000000152. The van der Waals surface area contributed by atoms with Crippen LogP contribution in [0, 0.1) is 115 Å². The van der Waals surface area contributed by atoms with Crippen molar-refractivity contribution in [2.75, 3.05) is 139 Å². The summed E-state index contributed by atoms with van der Waals surface area (Å²) < 4.78 is 309. The van der Waals surface area contributed by atoms with Crippen molar-refractivity contribution in [1.29, 1.82) is 26.3 Å². The predicted molar refractivity (Wildman–Crippen MR) is 509 cm³/mol. The molecule has 0 aromatic heterocycles. The first kappa shape index (κ1) is 110. The zero-order valence-corrected chi connectivity index (χ0v) is 82.8. The first-order chi connectivity index (χ1) is 69.2. The number of hydrogen-bond acceptors (Lipinski definition) is 25. The minimum absolute atomic E-state index is 0.101. The molecule has 6 heterocycles. The second kappa shape index (κ2) is 49.0. The number of benzene rings is 10. The molecule has 0 bridgehead atoms. The van der Waals surface area contributed by atoms with Crippen molar-refractivity contribution in [2.45, 2.75) is 113 Å². The van der Waals surface area contributed by atoms with E-state index in [1.807, 2.05) is 56.4 Å². The van der Waals surface area contributed by atoms with E-state index in [9.17, 15) is 102 Å². The highest BCUT2D eigenvalue weighted by Gasteiger charge is 2.40. The molecule has 7 fully saturated rings. The molecule has 6 aliphatic heterocycles. The average Bonchev–Trinajstić information content (AvgIpc) is 1.76. The highest BCUT2D eigenvalue weighted by atomic mass is 32.2. The van der Waals surface area contributed by atoms with Crippen molar-refractivity contribution >= 4 is 50.1 Å². The van der Waals surface area contributed by atoms with E-state index in [4.69, 9.17) is 38.9 Å². The number of ether oxygens (including phenoxy) is 6. The van der Waals surface area contributed by atoms with Crippen LogP contribution < -0.4 is 23.7 Å². The number of sulfonamides is 5. The van der Waals surface area contributed by atoms with Crippen LogP contribution in [-0.4, -0.2) is 240 Å². The van der Waals surface area contributed by atoms with Crippen LogP contribution >= 0.6 is 0 Å². The zero-order chi connectivity index (χ0) is 104. The lowest BCUT2D eigenvalue weighted by molar-refractivity contribution is 0.0730. The second-order valence-electron chi connectivity index (χ2n) is 34.7. The number of rotatable bonds is 23. The van der Waals surface area contributed by atoms with Gasteiger partial charge in [-0.1, -0.05) is 12.8 Å². The summed E-state index contributed by atoms with van der Waals surface area (Å²) in [5, 5.41) is 45.9. The van der Waals surface area contributed by atoms with E-state index in [1.54, 1.807) is 0 Å². The molecule has 145 heavy (non-hydrogen) atoms. The van der Waals surface area contributed by atoms with E-state index >= 15 is 0 Å². The number of hydrogen-bond donors (Lipinski definition) is 0. The smallest absolute Gasteiger partial charge is 0.246 e. The van der Waals surface area contributed by atoms with Gasteiger partial charge in [-0.2, -0.15) is 47.8 Å². The number of nitrogens with zero attached hydrogens (tertiary/aromatic N) is 14. The Labute approximate surface area is 834 Å². The first-order valence-electron chi connectivity index (χ1n) is 46.0. The molecule has 0 atom stereocenters. The van der Waals surface area contributed by atoms with Gasteiger partial charge in [-0.3, -0.25) is 4.90 Å². The molecule has 10 aromatic rings. The lowest BCUT2D eigenvalue weighted by Crippen LogP contribution is -2.51. The van der Waals surface area contributed by atoms with Crippen LogP contribution in [-0.2, 0) is 54.9 Å². The molecule has 0 radical (unpaired) electrons. The summed E-state index contributed by atoms with van der Waals surface area (Å²) in [7, 11) is -14.2. The monoisotopic (exact) mass is 2100 g/mol. The van der Waals surface area contributed by atoms with Crippen molar-refractivity contribution in [3.63, 3.8) is 0 Å². The average molecular weight is 2100 g/mol. The van der Waals surface area contributed by atoms with Crippen LogP contribution in [0.15, 0.2) is 206 Å². The lowest BCUT2D eigenvalue weighted by Gasteiger charge is -2.37. The Kier molecular flexibility index (Phi) is 37.0. The zero-order valence-electron chi connectivity index (χ0n) is 78.7. The molecular formula is C100H100F10N14O16S5. The van der Waals surface area contributed by atoms with E-state index in [1.165, 1.54) is 132 Å². The Bertz CT molecular complexity index is 7030. The molecule has 0 N–H and O–H groups in total. The minimum atomic E-state index is -4.01. The van der Waals surface area contributed by atoms with Crippen molar-refractivity contribution in [3.8, 4) is 87.8 Å². The maximum atomic E-state index is 14.1. The summed E-state index contributed by atoms with van der Waals surface area (Å²) >= 11 is 0. The molecule has 17 rings (SSSR count). The Morgan fingerprint density at radius 3 is 0.821 bits per heavy atom. The molecule has 6 saturated heterocycles. The Morgan fingerprint density at radius 1 is 0.276 bits per heavy atom. The number of halogens is 10. The number of likely N-dealkylation sites (tertiary alicyclic amines) is 1. The van der Waals surface area contributed by atoms with Gasteiger partial charge in [-0.15, -0.1) is 0 Å². The molecular weight excluding hydrogens is 2000 g/mol. The predicted octanol–water partition coefficient (Wildman–Crippen LogP) is 16.7. The molecule has 45 heteroatoms. The standard InChI is InChI=1S/2C22H23F2N3O3S.C20H21F2N3O3S.C19H19F2N3O3S.C17H14F2N2O4S/c23-17-4-5-19(24)21(14-17)30-20-6-3-16(15-25)13-22(20)31(28,29)27-11-7-18(8-12-27)26-9-1-2-10-26;23-17-6-7-19(24)21(14-17)30-20-8-5-16(15-25)13-22(20)31(28,29)27-11-9-26(10-12-27)18-3-1-2-4-18;1-24(2)16-7-9-25(10-8-16)29(26,27)20-11-14(13-23)3-6-18(20)28-19-12-15(21)4-5-17(19)22;1-23-7-2-8-24(10-9-23)28(25,26)19-11-14(13-22)3-6-17(19)27-18-12-15(20)4-5-16(18)21;18-13-2-3-14(19)16(10-13)25-15-4-1-12(11-20)9-17(15)26(22,23)21-5-7-24-8-6-21/h3-6,13-14,18H,1-2,7-12H2;5-8,13-14,18H,1-4,9-12H2;3-6,11-12,16H,7-10H2,1-2H3;3-6,11-12H,2,7-10H2,1H3;1-4,9-10H,5-8H2. The summed E-state index contributed by atoms with van der Waals surface area (Å²) in [4.78, 5) is 7.60. The van der Waals surface area contributed by atoms with Gasteiger partial charge in [-0.25, -0.2) is 86.0 Å². The number of morpholine rings is 1. The summed E-state index contributed by atoms with van der Waals surface area (Å²) in [6.07, 6.45) is 10.5. The highest BCUT2D eigenvalue weighted by molar-refractivity contribution is 7.90. The largest absolute Gasteiger partial charge is 0.453 e. The third kappa shape index (κ3) is 27.5. The van der Waals surface area contributed by atoms with Gasteiger partial charge in [0.1, 0.15) is 82.3 Å². The van der Waals surface area contributed by atoms with Gasteiger partial charge < -0.3 is 43.1 Å². The van der Waals surface area contributed by atoms with Gasteiger partial charge in [0.05, 0.1) is 71.4 Å². The van der Waals surface area contributed by atoms with E-state index in [0.717, 1.165) is 142 Å². The van der Waals surface area contributed by atoms with E-state index < -0.39 is 137 Å². The lowest BCUT2D eigenvalue weighted by atomic mass is 10.1. The normalized spacial score (nSPS) is 17.1. The summed E-state index contributed by atoms with van der Waals surface area (Å²) in [6.45, 7) is 8.07. The summed E-state index contributed by atoms with van der Waals surface area (Å²) in [6, 6.07) is 43.2. The summed E-state index contributed by atoms with van der Waals surface area (Å²) in [5.74, 6) is -10.7. The van der Waals surface area contributed by atoms with Gasteiger partial charge in [0.15, 0.2) is 57.8 Å². The second-order valence-corrected chi connectivity index (χ2v) is 44.2.